The summed E-state index contributed by atoms with van der Waals surface area (Å²) in [6.07, 6.45) is 6.27. The molecule has 3 aromatic rings. The van der Waals surface area contributed by atoms with Crippen molar-refractivity contribution in [2.45, 2.75) is 56.4 Å². The van der Waals surface area contributed by atoms with E-state index in [0.717, 1.165) is 66.2 Å². The topological polar surface area (TPSA) is 83.7 Å². The van der Waals surface area contributed by atoms with E-state index in [0.29, 0.717) is 18.1 Å². The quantitative estimate of drug-likeness (QED) is 0.681. The van der Waals surface area contributed by atoms with Crippen molar-refractivity contribution in [1.82, 2.24) is 15.3 Å². The fourth-order valence-corrected chi connectivity index (χ4v) is 5.40. The van der Waals surface area contributed by atoms with E-state index >= 15 is 0 Å². The van der Waals surface area contributed by atoms with Crippen LogP contribution in [0.3, 0.4) is 0 Å². The van der Waals surface area contributed by atoms with Crippen molar-refractivity contribution < 1.29 is 14.3 Å². The Morgan fingerprint density at radius 3 is 2.69 bits per heavy atom. The van der Waals surface area contributed by atoms with Crippen molar-refractivity contribution in [3.63, 3.8) is 0 Å². The van der Waals surface area contributed by atoms with Gasteiger partial charge >= 0.3 is 0 Å². The number of aliphatic hydroxyl groups excluding tert-OH is 1. The molecule has 0 amide bonds. The summed E-state index contributed by atoms with van der Waals surface area (Å²) in [5.41, 5.74) is 2.47. The summed E-state index contributed by atoms with van der Waals surface area (Å²) < 4.78 is 12.7. The van der Waals surface area contributed by atoms with Gasteiger partial charge in [0.15, 0.2) is 11.1 Å². The van der Waals surface area contributed by atoms with E-state index in [1.807, 2.05) is 23.7 Å². The van der Waals surface area contributed by atoms with Gasteiger partial charge in [-0.2, -0.15) is 4.98 Å². The van der Waals surface area contributed by atoms with Gasteiger partial charge < -0.3 is 24.5 Å². The molecule has 0 radical (unpaired) electrons. The van der Waals surface area contributed by atoms with E-state index in [1.54, 1.807) is 11.3 Å². The molecule has 2 unspecified atom stereocenters. The standard InChI is InChI=1S/C21H24N4O3S/c26-14-1-3-15(4-2-14)27-17-6-5-16(20-22-7-8-29-20)19-18(17)24-21(28-19)25-10-12-9-13(11-25)23-12/h5-8,12-15,23,26H,1-4,9-11H2. The van der Waals surface area contributed by atoms with Crippen LogP contribution in [0.25, 0.3) is 21.7 Å². The molecular weight excluding hydrogens is 388 g/mol. The second kappa shape index (κ2) is 6.97. The minimum Gasteiger partial charge on any atom is -0.488 e. The Hall–Kier alpha value is -2.16. The molecule has 5 heterocycles. The van der Waals surface area contributed by atoms with E-state index < -0.39 is 0 Å². The van der Waals surface area contributed by atoms with Gasteiger partial charge in [0.2, 0.25) is 0 Å². The van der Waals surface area contributed by atoms with E-state index in [-0.39, 0.29) is 12.2 Å². The Kier molecular flexibility index (Phi) is 4.25. The van der Waals surface area contributed by atoms with Crippen molar-refractivity contribution in [3.8, 4) is 16.3 Å². The number of ether oxygens (including phenoxy) is 1. The number of aliphatic hydroxyl groups is 1. The largest absolute Gasteiger partial charge is 0.488 e. The van der Waals surface area contributed by atoms with Crippen LogP contribution < -0.4 is 15.0 Å². The van der Waals surface area contributed by atoms with Crippen molar-refractivity contribution >= 4 is 28.5 Å². The van der Waals surface area contributed by atoms with Crippen molar-refractivity contribution in [3.05, 3.63) is 23.7 Å². The zero-order valence-corrected chi connectivity index (χ0v) is 16.9. The second-order valence-corrected chi connectivity index (χ2v) is 9.27. The predicted molar refractivity (Wildman–Crippen MR) is 112 cm³/mol. The summed E-state index contributed by atoms with van der Waals surface area (Å²) in [4.78, 5) is 11.6. The average molecular weight is 413 g/mol. The van der Waals surface area contributed by atoms with Crippen LogP contribution in [0.15, 0.2) is 28.1 Å². The van der Waals surface area contributed by atoms with Gasteiger partial charge in [0, 0.05) is 36.8 Å². The Balaban J connectivity index is 1.38. The molecule has 1 saturated carbocycles. The molecule has 29 heavy (non-hydrogen) atoms. The fourth-order valence-electron chi connectivity index (χ4n) is 4.74. The Labute approximate surface area is 172 Å². The van der Waals surface area contributed by atoms with E-state index in [9.17, 15) is 5.11 Å². The molecule has 8 heteroatoms. The highest BCUT2D eigenvalue weighted by Gasteiger charge is 2.38. The van der Waals surface area contributed by atoms with Gasteiger partial charge in [0.1, 0.15) is 10.8 Å². The molecule has 7 nitrogen and oxygen atoms in total. The van der Waals surface area contributed by atoms with Gasteiger partial charge in [-0.25, -0.2) is 4.98 Å². The third kappa shape index (κ3) is 3.19. The number of aromatic nitrogens is 2. The summed E-state index contributed by atoms with van der Waals surface area (Å²) in [7, 11) is 0. The molecule has 2 atom stereocenters. The van der Waals surface area contributed by atoms with Crippen molar-refractivity contribution in [1.29, 1.82) is 0 Å². The van der Waals surface area contributed by atoms with Gasteiger partial charge in [-0.05, 0) is 44.2 Å². The fraction of sp³-hybridized carbons (Fsp3) is 0.524. The molecule has 2 bridgehead atoms. The number of benzene rings is 1. The second-order valence-electron chi connectivity index (χ2n) is 8.37. The number of thiazole rings is 1. The summed E-state index contributed by atoms with van der Waals surface area (Å²) in [6, 6.07) is 5.76. The first-order valence-electron chi connectivity index (χ1n) is 10.4. The Morgan fingerprint density at radius 1 is 1.17 bits per heavy atom. The van der Waals surface area contributed by atoms with E-state index in [1.165, 1.54) is 6.42 Å². The molecular formula is C21H24N4O3S. The number of piperidine rings is 1. The summed E-state index contributed by atoms with van der Waals surface area (Å²) in [5.74, 6) is 0.761. The SMILES string of the molecule is OC1CCC(Oc2ccc(-c3nccs3)c3oc(N4CC5CC(C4)N5)nc23)CC1. The number of nitrogens with one attached hydrogen (secondary N) is 1. The minimum atomic E-state index is -0.194. The summed E-state index contributed by atoms with van der Waals surface area (Å²) >= 11 is 1.59. The summed E-state index contributed by atoms with van der Waals surface area (Å²) in [5, 5.41) is 16.2. The first-order valence-corrected chi connectivity index (χ1v) is 11.3. The molecule has 3 saturated heterocycles. The number of rotatable bonds is 4. The van der Waals surface area contributed by atoms with Crippen molar-refractivity contribution in [2.24, 2.45) is 0 Å². The number of hydrogen-bond acceptors (Lipinski definition) is 8. The number of piperazine rings is 1. The number of fused-ring (bicyclic) bond motifs is 3. The molecule has 7 rings (SSSR count). The van der Waals surface area contributed by atoms with E-state index in [4.69, 9.17) is 14.1 Å². The first kappa shape index (κ1) is 17.7. The van der Waals surface area contributed by atoms with Crippen LogP contribution in [-0.4, -0.2) is 52.5 Å². The van der Waals surface area contributed by atoms with Crippen LogP contribution >= 0.6 is 11.3 Å². The highest BCUT2D eigenvalue weighted by Crippen LogP contribution is 2.39. The molecule has 152 valence electrons. The number of oxazole rings is 1. The number of hydrogen-bond donors (Lipinski definition) is 2. The zero-order chi connectivity index (χ0) is 19.4. The lowest BCUT2D eigenvalue weighted by atomic mass is 9.92. The molecule has 0 spiro atoms. The van der Waals surface area contributed by atoms with Gasteiger partial charge in [0.05, 0.1) is 17.8 Å². The van der Waals surface area contributed by atoms with E-state index in [2.05, 4.69) is 15.2 Å². The predicted octanol–water partition coefficient (Wildman–Crippen LogP) is 3.18. The van der Waals surface area contributed by atoms with Crippen LogP contribution in [-0.2, 0) is 0 Å². The van der Waals surface area contributed by atoms with Crippen LogP contribution in [0.5, 0.6) is 5.75 Å². The molecule has 4 aliphatic rings. The maximum absolute atomic E-state index is 9.78. The Morgan fingerprint density at radius 2 is 1.97 bits per heavy atom. The molecule has 2 aromatic heterocycles. The van der Waals surface area contributed by atoms with Crippen LogP contribution in [0, 0.1) is 0 Å². The molecule has 3 aliphatic heterocycles. The Bertz CT molecular complexity index is 997. The number of anilines is 1. The summed E-state index contributed by atoms with van der Waals surface area (Å²) in [6.45, 7) is 1.85. The highest BCUT2D eigenvalue weighted by molar-refractivity contribution is 7.13. The lowest BCUT2D eigenvalue weighted by Crippen LogP contribution is -2.67. The first-order chi connectivity index (χ1) is 14.2. The maximum atomic E-state index is 9.78. The van der Waals surface area contributed by atoms with Gasteiger partial charge in [-0.3, -0.25) is 0 Å². The lowest BCUT2D eigenvalue weighted by Gasteiger charge is -2.47. The smallest absolute Gasteiger partial charge is 0.298 e. The zero-order valence-electron chi connectivity index (χ0n) is 16.1. The number of nitrogens with zero attached hydrogens (tertiary/aromatic N) is 3. The van der Waals surface area contributed by atoms with Crippen LogP contribution in [0.2, 0.25) is 0 Å². The minimum absolute atomic E-state index is 0.110. The van der Waals surface area contributed by atoms with Crippen molar-refractivity contribution in [2.75, 3.05) is 18.0 Å². The molecule has 1 aromatic carbocycles. The normalized spacial score (nSPS) is 29.1. The third-order valence-corrected chi connectivity index (χ3v) is 7.09. The molecule has 1 aliphatic carbocycles. The molecule has 2 N–H and O–H groups in total. The van der Waals surface area contributed by atoms with Crippen LogP contribution in [0.1, 0.15) is 32.1 Å². The van der Waals surface area contributed by atoms with Crippen LogP contribution in [0.4, 0.5) is 6.01 Å². The van der Waals surface area contributed by atoms with Gasteiger partial charge in [-0.1, -0.05) is 0 Å². The molecule has 4 fully saturated rings. The average Bonchev–Trinajstić information content (AvgIpc) is 3.40. The third-order valence-electron chi connectivity index (χ3n) is 6.29. The van der Waals surface area contributed by atoms with Gasteiger partial charge in [-0.15, -0.1) is 11.3 Å². The highest BCUT2D eigenvalue weighted by atomic mass is 32.1. The van der Waals surface area contributed by atoms with Gasteiger partial charge in [0.25, 0.3) is 6.01 Å². The maximum Gasteiger partial charge on any atom is 0.298 e. The lowest BCUT2D eigenvalue weighted by molar-refractivity contribution is 0.0672. The monoisotopic (exact) mass is 412 g/mol.